The van der Waals surface area contributed by atoms with Gasteiger partial charge in [0.1, 0.15) is 11.6 Å². The maximum absolute atomic E-state index is 13.2. The van der Waals surface area contributed by atoms with Gasteiger partial charge in [-0.3, -0.25) is 0 Å². The number of nitrogens with zero attached hydrogens (tertiary/aromatic N) is 4. The summed E-state index contributed by atoms with van der Waals surface area (Å²) in [6.45, 7) is 3.70. The number of hydrogen-bond acceptors (Lipinski definition) is 3. The van der Waals surface area contributed by atoms with Gasteiger partial charge in [0.2, 0.25) is 0 Å². The zero-order valence-corrected chi connectivity index (χ0v) is 17.5. The number of hydrogen-bond donors (Lipinski definition) is 0. The summed E-state index contributed by atoms with van der Waals surface area (Å²) in [6.07, 6.45) is -0.794. The zero-order valence-electron chi connectivity index (χ0n) is 17.5. The number of rotatable bonds is 4. The Kier molecular flexibility index (Phi) is 5.08. The number of imidazole rings is 2. The van der Waals surface area contributed by atoms with Crippen LogP contribution in [0, 0.1) is 13.8 Å². The van der Waals surface area contributed by atoms with Crippen molar-refractivity contribution in [1.29, 1.82) is 0 Å². The van der Waals surface area contributed by atoms with Gasteiger partial charge >= 0.3 is 6.18 Å². The fourth-order valence-electron chi connectivity index (χ4n) is 3.72. The minimum Gasteiger partial charge on any atom is -0.495 e. The molecule has 4 rings (SSSR count). The highest BCUT2D eigenvalue weighted by molar-refractivity contribution is 5.71. The molecule has 8 heteroatoms. The number of halogens is 3. The number of ether oxygens (including phenoxy) is 1. The van der Waals surface area contributed by atoms with Crippen molar-refractivity contribution < 1.29 is 17.9 Å². The van der Waals surface area contributed by atoms with Gasteiger partial charge in [-0.15, -0.1) is 0 Å². The van der Waals surface area contributed by atoms with Crippen molar-refractivity contribution in [3.63, 3.8) is 0 Å². The van der Waals surface area contributed by atoms with E-state index in [-0.39, 0.29) is 0 Å². The van der Waals surface area contributed by atoms with Crippen molar-refractivity contribution in [3.05, 3.63) is 71.9 Å². The van der Waals surface area contributed by atoms with E-state index < -0.39 is 11.7 Å². The van der Waals surface area contributed by atoms with E-state index in [1.165, 1.54) is 6.07 Å². The van der Waals surface area contributed by atoms with Gasteiger partial charge in [0.25, 0.3) is 0 Å². The van der Waals surface area contributed by atoms with Crippen LogP contribution in [0.1, 0.15) is 17.0 Å². The first-order valence-corrected chi connectivity index (χ1v) is 9.59. The van der Waals surface area contributed by atoms with E-state index in [0.717, 1.165) is 29.1 Å². The third kappa shape index (κ3) is 3.81. The van der Waals surface area contributed by atoms with Crippen molar-refractivity contribution in [2.75, 3.05) is 7.11 Å². The van der Waals surface area contributed by atoms with E-state index in [1.807, 2.05) is 35.9 Å². The molecular formula is C23H21F3N4O. The molecule has 0 atom stereocenters. The van der Waals surface area contributed by atoms with Gasteiger partial charge < -0.3 is 13.9 Å². The Bertz CT molecular complexity index is 1250. The Balaban J connectivity index is 1.79. The summed E-state index contributed by atoms with van der Waals surface area (Å²) in [5.74, 6) is 1.27. The van der Waals surface area contributed by atoms with E-state index in [0.29, 0.717) is 28.5 Å². The predicted octanol–water partition coefficient (Wildman–Crippen LogP) is 5.58. The van der Waals surface area contributed by atoms with E-state index in [4.69, 9.17) is 4.74 Å². The Labute approximate surface area is 177 Å². The molecule has 2 aromatic heterocycles. The van der Waals surface area contributed by atoms with Crippen LogP contribution in [0.15, 0.2) is 55.0 Å². The molecule has 2 heterocycles. The lowest BCUT2D eigenvalue weighted by atomic mass is 10.1. The molecule has 0 aliphatic rings. The molecule has 0 saturated carbocycles. The first-order chi connectivity index (χ1) is 14.7. The summed E-state index contributed by atoms with van der Waals surface area (Å²) in [5, 5.41) is 0. The second kappa shape index (κ2) is 7.61. The van der Waals surface area contributed by atoms with Crippen LogP contribution < -0.4 is 4.74 Å². The lowest BCUT2D eigenvalue weighted by molar-refractivity contribution is -0.137. The number of alkyl halides is 3. The van der Waals surface area contributed by atoms with Crippen LogP contribution in [0.3, 0.4) is 0 Å². The number of aryl methyl sites for hydroxylation is 2. The van der Waals surface area contributed by atoms with Crippen LogP contribution in [0.2, 0.25) is 0 Å². The summed E-state index contributed by atoms with van der Waals surface area (Å²) < 4.78 is 48.8. The van der Waals surface area contributed by atoms with Gasteiger partial charge in [0, 0.05) is 24.4 Å². The quantitative estimate of drug-likeness (QED) is 0.428. The molecule has 31 heavy (non-hydrogen) atoms. The second-order valence-corrected chi connectivity index (χ2v) is 7.32. The summed E-state index contributed by atoms with van der Waals surface area (Å²) in [6, 6.07) is 11.0. The molecule has 2 aromatic carbocycles. The highest BCUT2D eigenvalue weighted by Crippen LogP contribution is 2.35. The van der Waals surface area contributed by atoms with Gasteiger partial charge in [-0.1, -0.05) is 12.1 Å². The van der Waals surface area contributed by atoms with Crippen LogP contribution in [0.4, 0.5) is 13.2 Å². The molecule has 0 amide bonds. The van der Waals surface area contributed by atoms with Gasteiger partial charge in [-0.2, -0.15) is 13.2 Å². The maximum atomic E-state index is 13.2. The summed E-state index contributed by atoms with van der Waals surface area (Å²) in [4.78, 5) is 8.88. The molecular weight excluding hydrogens is 405 g/mol. The van der Waals surface area contributed by atoms with E-state index in [1.54, 1.807) is 38.0 Å². The van der Waals surface area contributed by atoms with Crippen molar-refractivity contribution in [2.24, 2.45) is 7.05 Å². The molecule has 0 bridgehead atoms. The van der Waals surface area contributed by atoms with Gasteiger partial charge in [-0.05, 0) is 44.2 Å². The number of benzene rings is 2. The number of methoxy groups -OCH3 is 1. The van der Waals surface area contributed by atoms with E-state index in [9.17, 15) is 13.2 Å². The third-order valence-corrected chi connectivity index (χ3v) is 5.16. The average Bonchev–Trinajstić information content (AvgIpc) is 3.29. The summed E-state index contributed by atoms with van der Waals surface area (Å²) in [5.41, 5.74) is 3.56. The minimum atomic E-state index is -4.40. The first kappa shape index (κ1) is 20.7. The molecule has 0 N–H and O–H groups in total. The van der Waals surface area contributed by atoms with Crippen LogP contribution >= 0.6 is 0 Å². The fraction of sp³-hybridized carbons (Fsp3) is 0.217. The van der Waals surface area contributed by atoms with Crippen LogP contribution in [0.5, 0.6) is 5.75 Å². The van der Waals surface area contributed by atoms with E-state index >= 15 is 0 Å². The molecule has 0 unspecified atom stereocenters. The molecule has 0 fully saturated rings. The van der Waals surface area contributed by atoms with Crippen molar-refractivity contribution in [1.82, 2.24) is 19.1 Å². The largest absolute Gasteiger partial charge is 0.495 e. The maximum Gasteiger partial charge on any atom is 0.416 e. The van der Waals surface area contributed by atoms with Crippen LogP contribution in [-0.2, 0) is 13.2 Å². The second-order valence-electron chi connectivity index (χ2n) is 7.32. The molecule has 0 aliphatic carbocycles. The Morgan fingerprint density at radius 3 is 2.42 bits per heavy atom. The monoisotopic (exact) mass is 426 g/mol. The van der Waals surface area contributed by atoms with Crippen LogP contribution in [0.25, 0.3) is 28.3 Å². The highest BCUT2D eigenvalue weighted by atomic mass is 19.4. The predicted molar refractivity (Wildman–Crippen MR) is 112 cm³/mol. The molecule has 0 spiro atoms. The minimum absolute atomic E-state index is 0.464. The number of aromatic nitrogens is 4. The van der Waals surface area contributed by atoms with E-state index in [2.05, 4.69) is 9.97 Å². The zero-order chi connectivity index (χ0) is 22.3. The lowest BCUT2D eigenvalue weighted by Crippen LogP contribution is -2.05. The first-order valence-electron chi connectivity index (χ1n) is 9.59. The fourth-order valence-corrected chi connectivity index (χ4v) is 3.72. The average molecular weight is 426 g/mol. The van der Waals surface area contributed by atoms with Gasteiger partial charge in [-0.25, -0.2) is 9.97 Å². The SMILES string of the molecule is COc1cc(-c2nc(C)c(-c3cccc(C(F)(F)F)c3)n2C)ccc1-n1cnc(C)c1. The molecule has 0 aliphatic heterocycles. The van der Waals surface area contributed by atoms with Crippen LogP contribution in [-0.4, -0.2) is 26.2 Å². The van der Waals surface area contributed by atoms with Crippen molar-refractivity contribution in [3.8, 4) is 34.1 Å². The molecule has 0 saturated heterocycles. The Morgan fingerprint density at radius 2 is 1.77 bits per heavy atom. The van der Waals surface area contributed by atoms with Gasteiger partial charge in [0.15, 0.2) is 0 Å². The normalized spacial score (nSPS) is 11.7. The third-order valence-electron chi connectivity index (χ3n) is 5.16. The smallest absolute Gasteiger partial charge is 0.416 e. The standard InChI is InChI=1S/C23H21F3N4O/c1-14-12-30(13-27-14)19-9-8-17(11-20(19)31-4)22-28-15(2)21(29(22)3)16-6-5-7-18(10-16)23(24,25)26/h5-13H,1-4H3. The molecule has 4 aromatic rings. The molecule has 0 radical (unpaired) electrons. The molecule has 5 nitrogen and oxygen atoms in total. The Morgan fingerprint density at radius 1 is 1.00 bits per heavy atom. The summed E-state index contributed by atoms with van der Waals surface area (Å²) in [7, 11) is 3.38. The van der Waals surface area contributed by atoms with Crippen molar-refractivity contribution >= 4 is 0 Å². The lowest BCUT2D eigenvalue weighted by Gasteiger charge is -2.13. The van der Waals surface area contributed by atoms with Gasteiger partial charge in [0.05, 0.1) is 41.8 Å². The van der Waals surface area contributed by atoms with Crippen molar-refractivity contribution in [2.45, 2.75) is 20.0 Å². The Hall–Kier alpha value is -3.55. The topological polar surface area (TPSA) is 44.9 Å². The summed E-state index contributed by atoms with van der Waals surface area (Å²) >= 11 is 0. The highest BCUT2D eigenvalue weighted by Gasteiger charge is 2.31. The molecule has 160 valence electrons.